The SMILES string of the molecule is CC(Cl)c1nc2c(F)cc(F)cc2n1CC1CCOC1. The molecule has 6 heteroatoms. The highest BCUT2D eigenvalue weighted by molar-refractivity contribution is 6.20. The Labute approximate surface area is 120 Å². The van der Waals surface area contributed by atoms with Gasteiger partial charge in [-0.3, -0.25) is 0 Å². The van der Waals surface area contributed by atoms with Crippen LogP contribution < -0.4 is 0 Å². The van der Waals surface area contributed by atoms with Gasteiger partial charge < -0.3 is 9.30 Å². The highest BCUT2D eigenvalue weighted by Gasteiger charge is 2.23. The molecule has 0 aliphatic carbocycles. The summed E-state index contributed by atoms with van der Waals surface area (Å²) < 4.78 is 34.5. The first-order valence-corrected chi connectivity index (χ1v) is 7.07. The Hall–Kier alpha value is -1.20. The van der Waals surface area contributed by atoms with Crippen LogP contribution in [0.2, 0.25) is 0 Å². The number of nitrogens with zero attached hydrogens (tertiary/aromatic N) is 2. The van der Waals surface area contributed by atoms with Crippen molar-refractivity contribution in [2.24, 2.45) is 5.92 Å². The molecule has 0 saturated carbocycles. The fraction of sp³-hybridized carbons (Fsp3) is 0.500. The van der Waals surface area contributed by atoms with Gasteiger partial charge in [0.25, 0.3) is 0 Å². The first-order valence-electron chi connectivity index (χ1n) is 6.63. The van der Waals surface area contributed by atoms with Crippen LogP contribution >= 0.6 is 11.6 Å². The van der Waals surface area contributed by atoms with E-state index < -0.39 is 11.6 Å². The Morgan fingerprint density at radius 2 is 2.30 bits per heavy atom. The van der Waals surface area contributed by atoms with Gasteiger partial charge in [0.15, 0.2) is 5.82 Å². The zero-order chi connectivity index (χ0) is 14.3. The Morgan fingerprint density at radius 1 is 1.50 bits per heavy atom. The third-order valence-corrected chi connectivity index (χ3v) is 3.82. The molecule has 3 rings (SSSR count). The van der Waals surface area contributed by atoms with Gasteiger partial charge in [0.05, 0.1) is 17.5 Å². The Kier molecular flexibility index (Phi) is 3.65. The lowest BCUT2D eigenvalue weighted by Gasteiger charge is -2.14. The van der Waals surface area contributed by atoms with Gasteiger partial charge in [-0.1, -0.05) is 0 Å². The summed E-state index contributed by atoms with van der Waals surface area (Å²) in [5.41, 5.74) is 0.629. The molecule has 1 aromatic carbocycles. The van der Waals surface area contributed by atoms with Crippen molar-refractivity contribution < 1.29 is 13.5 Å². The first kappa shape index (κ1) is 13.8. The number of imidazole rings is 1. The van der Waals surface area contributed by atoms with Crippen molar-refractivity contribution in [2.45, 2.75) is 25.3 Å². The second-order valence-electron chi connectivity index (χ2n) is 5.18. The lowest BCUT2D eigenvalue weighted by molar-refractivity contribution is 0.182. The van der Waals surface area contributed by atoms with Gasteiger partial charge >= 0.3 is 0 Å². The fourth-order valence-electron chi connectivity index (χ4n) is 2.65. The number of hydrogen-bond donors (Lipinski definition) is 0. The Bertz CT molecular complexity index is 636. The van der Waals surface area contributed by atoms with E-state index in [1.165, 1.54) is 6.07 Å². The van der Waals surface area contributed by atoms with Crippen LogP contribution in [0.5, 0.6) is 0 Å². The van der Waals surface area contributed by atoms with Crippen LogP contribution in [0.3, 0.4) is 0 Å². The van der Waals surface area contributed by atoms with Crippen LogP contribution in [0.1, 0.15) is 24.5 Å². The summed E-state index contributed by atoms with van der Waals surface area (Å²) in [5, 5.41) is -0.368. The standard InChI is InChI=1S/C14H15ClF2N2O/c1-8(15)14-18-13-11(17)4-10(16)5-12(13)19(14)6-9-2-3-20-7-9/h4-5,8-9H,2-3,6-7H2,1H3. The summed E-state index contributed by atoms with van der Waals surface area (Å²) in [6.07, 6.45) is 0.938. The van der Waals surface area contributed by atoms with E-state index in [9.17, 15) is 8.78 Å². The molecule has 2 atom stereocenters. The minimum Gasteiger partial charge on any atom is -0.381 e. The second-order valence-corrected chi connectivity index (χ2v) is 5.84. The predicted octanol–water partition coefficient (Wildman–Crippen LogP) is 3.65. The summed E-state index contributed by atoms with van der Waals surface area (Å²) in [6.45, 7) is 3.78. The van der Waals surface area contributed by atoms with Crippen LogP contribution in [0, 0.1) is 17.6 Å². The third-order valence-electron chi connectivity index (χ3n) is 3.62. The number of alkyl halides is 1. The average Bonchev–Trinajstić information content (AvgIpc) is 2.98. The number of fused-ring (bicyclic) bond motifs is 1. The van der Waals surface area contributed by atoms with Gasteiger partial charge in [-0.25, -0.2) is 13.8 Å². The van der Waals surface area contributed by atoms with Crippen molar-refractivity contribution >= 4 is 22.6 Å². The van der Waals surface area contributed by atoms with E-state index in [1.54, 1.807) is 6.92 Å². The minimum atomic E-state index is -0.653. The molecule has 2 aromatic rings. The summed E-state index contributed by atoms with van der Waals surface area (Å²) >= 11 is 6.13. The maximum absolute atomic E-state index is 13.8. The van der Waals surface area contributed by atoms with Gasteiger partial charge in [0.1, 0.15) is 17.2 Å². The molecule has 1 fully saturated rings. The highest BCUT2D eigenvalue weighted by Crippen LogP contribution is 2.29. The number of rotatable bonds is 3. The molecule has 0 bridgehead atoms. The van der Waals surface area contributed by atoms with E-state index in [0.717, 1.165) is 19.1 Å². The Morgan fingerprint density at radius 3 is 2.95 bits per heavy atom. The molecule has 1 aliphatic heterocycles. The maximum Gasteiger partial charge on any atom is 0.153 e. The summed E-state index contributed by atoms with van der Waals surface area (Å²) in [4.78, 5) is 4.24. The number of aromatic nitrogens is 2. The molecule has 0 spiro atoms. The van der Waals surface area contributed by atoms with Crippen LogP contribution in [0.15, 0.2) is 12.1 Å². The van der Waals surface area contributed by atoms with Crippen LogP contribution in [0.4, 0.5) is 8.78 Å². The zero-order valence-corrected chi connectivity index (χ0v) is 11.8. The van der Waals surface area contributed by atoms with Crippen molar-refractivity contribution in [2.75, 3.05) is 13.2 Å². The topological polar surface area (TPSA) is 27.1 Å². The van der Waals surface area contributed by atoms with E-state index in [0.29, 0.717) is 30.4 Å². The van der Waals surface area contributed by atoms with E-state index >= 15 is 0 Å². The molecule has 1 saturated heterocycles. The normalized spacial score (nSPS) is 20.7. The molecule has 0 radical (unpaired) electrons. The van der Waals surface area contributed by atoms with E-state index in [1.807, 2.05) is 4.57 Å². The number of hydrogen-bond acceptors (Lipinski definition) is 2. The van der Waals surface area contributed by atoms with Crippen molar-refractivity contribution in [3.63, 3.8) is 0 Å². The van der Waals surface area contributed by atoms with E-state index in [2.05, 4.69) is 4.98 Å². The van der Waals surface area contributed by atoms with Crippen molar-refractivity contribution in [3.05, 3.63) is 29.6 Å². The average molecular weight is 301 g/mol. The number of benzene rings is 1. The number of halogens is 3. The summed E-state index contributed by atoms with van der Waals surface area (Å²) in [6, 6.07) is 2.16. The van der Waals surface area contributed by atoms with Crippen LogP contribution in [-0.4, -0.2) is 22.8 Å². The third kappa shape index (κ3) is 2.40. The molecular weight excluding hydrogens is 286 g/mol. The Balaban J connectivity index is 2.12. The van der Waals surface area contributed by atoms with Crippen LogP contribution in [0.25, 0.3) is 11.0 Å². The smallest absolute Gasteiger partial charge is 0.153 e. The molecule has 3 nitrogen and oxygen atoms in total. The van der Waals surface area contributed by atoms with E-state index in [4.69, 9.17) is 16.3 Å². The van der Waals surface area contributed by atoms with Gasteiger partial charge in [0, 0.05) is 25.1 Å². The molecule has 1 aromatic heterocycles. The molecule has 20 heavy (non-hydrogen) atoms. The molecule has 0 N–H and O–H groups in total. The molecule has 1 aliphatic rings. The lowest BCUT2D eigenvalue weighted by Crippen LogP contribution is -2.13. The van der Waals surface area contributed by atoms with Crippen molar-refractivity contribution in [1.29, 1.82) is 0 Å². The van der Waals surface area contributed by atoms with Crippen LogP contribution in [-0.2, 0) is 11.3 Å². The summed E-state index contributed by atoms with van der Waals surface area (Å²) in [7, 11) is 0. The van der Waals surface area contributed by atoms with Gasteiger partial charge in [-0.15, -0.1) is 11.6 Å². The minimum absolute atomic E-state index is 0.174. The van der Waals surface area contributed by atoms with Gasteiger partial charge in [-0.05, 0) is 19.4 Å². The molecular formula is C14H15ClF2N2O. The molecule has 0 amide bonds. The van der Waals surface area contributed by atoms with Gasteiger partial charge in [-0.2, -0.15) is 0 Å². The monoisotopic (exact) mass is 300 g/mol. The predicted molar refractivity (Wildman–Crippen MR) is 72.8 cm³/mol. The fourth-order valence-corrected chi connectivity index (χ4v) is 2.81. The van der Waals surface area contributed by atoms with Crippen molar-refractivity contribution in [3.8, 4) is 0 Å². The zero-order valence-electron chi connectivity index (χ0n) is 11.1. The van der Waals surface area contributed by atoms with Gasteiger partial charge in [0.2, 0.25) is 0 Å². The first-order chi connectivity index (χ1) is 9.56. The highest BCUT2D eigenvalue weighted by atomic mass is 35.5. The van der Waals surface area contributed by atoms with Crippen molar-refractivity contribution in [1.82, 2.24) is 9.55 Å². The molecule has 2 heterocycles. The quantitative estimate of drug-likeness (QED) is 0.809. The maximum atomic E-state index is 13.8. The second kappa shape index (κ2) is 5.30. The number of ether oxygens (including phenoxy) is 1. The molecule has 2 unspecified atom stereocenters. The lowest BCUT2D eigenvalue weighted by atomic mass is 10.1. The largest absolute Gasteiger partial charge is 0.381 e. The van der Waals surface area contributed by atoms with E-state index in [-0.39, 0.29) is 10.9 Å². The summed E-state index contributed by atoms with van der Waals surface area (Å²) in [5.74, 6) is -0.362. The molecule has 108 valence electrons.